The van der Waals surface area contributed by atoms with Gasteiger partial charge in [0.15, 0.2) is 0 Å². The van der Waals surface area contributed by atoms with Gasteiger partial charge in [0.25, 0.3) is 0 Å². The van der Waals surface area contributed by atoms with Gasteiger partial charge in [-0.1, -0.05) is 84.4 Å². The summed E-state index contributed by atoms with van der Waals surface area (Å²) in [6.07, 6.45) is 0.0420. The van der Waals surface area contributed by atoms with Crippen LogP contribution in [0.3, 0.4) is 0 Å². The number of aromatic nitrogens is 2. The Morgan fingerprint density at radius 1 is 0.972 bits per heavy atom. The largest absolute Gasteiger partial charge is 0.437 e. The summed E-state index contributed by atoms with van der Waals surface area (Å²) >= 11 is 6.41. The lowest BCUT2D eigenvalue weighted by Gasteiger charge is -2.25. The molecule has 0 aliphatic carbocycles. The quantitative estimate of drug-likeness (QED) is 0.272. The van der Waals surface area contributed by atoms with E-state index >= 15 is 0 Å². The highest BCUT2D eigenvalue weighted by Gasteiger charge is 2.24. The highest BCUT2D eigenvalue weighted by atomic mass is 35.5. The lowest BCUT2D eigenvalue weighted by Crippen LogP contribution is -2.35. The summed E-state index contributed by atoms with van der Waals surface area (Å²) in [7, 11) is 3.55. The smallest absolute Gasteiger partial charge is 0.222 e. The molecule has 0 amide bonds. The molecule has 7 heteroatoms. The maximum absolute atomic E-state index is 10.9. The molecule has 1 N–H and O–H groups in total. The van der Waals surface area contributed by atoms with Crippen LogP contribution in [-0.4, -0.2) is 52.7 Å². The van der Waals surface area contributed by atoms with E-state index in [0.29, 0.717) is 49.3 Å². The number of hydrogen-bond acceptors (Lipinski definition) is 5. The van der Waals surface area contributed by atoms with Crippen molar-refractivity contribution in [2.45, 2.75) is 19.1 Å². The van der Waals surface area contributed by atoms with E-state index in [-0.39, 0.29) is 0 Å². The van der Waals surface area contributed by atoms with E-state index in [2.05, 4.69) is 4.90 Å². The molecule has 0 fully saturated rings. The maximum Gasteiger partial charge on any atom is 0.222 e. The van der Waals surface area contributed by atoms with Gasteiger partial charge < -0.3 is 14.6 Å². The van der Waals surface area contributed by atoms with Crippen molar-refractivity contribution in [1.29, 1.82) is 0 Å². The van der Waals surface area contributed by atoms with Crippen LogP contribution in [0.5, 0.6) is 11.6 Å². The predicted octanol–water partition coefficient (Wildman–Crippen LogP) is 5.58. The Morgan fingerprint density at radius 2 is 1.64 bits per heavy atom. The summed E-state index contributed by atoms with van der Waals surface area (Å²) in [4.78, 5) is 2.18. The van der Waals surface area contributed by atoms with Crippen molar-refractivity contribution in [2.75, 3.05) is 26.8 Å². The number of methoxy groups -OCH3 is 1. The Morgan fingerprint density at radius 3 is 2.33 bits per heavy atom. The zero-order valence-corrected chi connectivity index (χ0v) is 21.4. The molecule has 0 aliphatic heterocycles. The van der Waals surface area contributed by atoms with Gasteiger partial charge in [-0.15, -0.1) is 0 Å². The Hall–Kier alpha value is -3.16. The van der Waals surface area contributed by atoms with Gasteiger partial charge in [0.05, 0.1) is 23.3 Å². The summed E-state index contributed by atoms with van der Waals surface area (Å²) in [6, 6.07) is 27.5. The standard InChI is InChI=1S/C29H32ClN3O3/c1-32-29(36-27-16-10-9-15-26(27)30)25(28(31-32)23-13-7-4-8-14-23)21-33(17-18-35-2)20-24(34)19-22-11-5-3-6-12-22/h3-16,24,34H,17-21H2,1-2H3/t24-/m1/s1. The van der Waals surface area contributed by atoms with E-state index < -0.39 is 6.10 Å². The van der Waals surface area contributed by atoms with E-state index in [9.17, 15) is 5.11 Å². The van der Waals surface area contributed by atoms with Gasteiger partial charge in [-0.05, 0) is 24.1 Å². The number of ether oxygens (including phenoxy) is 2. The first-order chi connectivity index (χ1) is 17.5. The lowest BCUT2D eigenvalue weighted by molar-refractivity contribution is 0.0848. The molecule has 1 aromatic heterocycles. The Balaban J connectivity index is 1.65. The van der Waals surface area contributed by atoms with Crippen LogP contribution in [0.25, 0.3) is 11.3 Å². The fraction of sp³-hybridized carbons (Fsp3) is 0.276. The second-order valence-corrected chi connectivity index (χ2v) is 9.13. The van der Waals surface area contributed by atoms with E-state index in [1.807, 2.05) is 85.9 Å². The van der Waals surface area contributed by atoms with Crippen molar-refractivity contribution >= 4 is 11.6 Å². The molecule has 1 heterocycles. The van der Waals surface area contributed by atoms with Crippen LogP contribution in [0, 0.1) is 0 Å². The molecule has 6 nitrogen and oxygen atoms in total. The average molecular weight is 506 g/mol. The first-order valence-corrected chi connectivity index (χ1v) is 12.4. The van der Waals surface area contributed by atoms with Crippen LogP contribution in [0.4, 0.5) is 0 Å². The third-order valence-corrected chi connectivity index (χ3v) is 6.27. The van der Waals surface area contributed by atoms with Crippen molar-refractivity contribution in [3.8, 4) is 22.9 Å². The number of halogens is 1. The monoisotopic (exact) mass is 505 g/mol. The van der Waals surface area contributed by atoms with Crippen molar-refractivity contribution in [3.63, 3.8) is 0 Å². The molecule has 0 radical (unpaired) electrons. The number of aliphatic hydroxyl groups excluding tert-OH is 1. The zero-order valence-electron chi connectivity index (χ0n) is 20.7. The zero-order chi connectivity index (χ0) is 25.3. The Kier molecular flexibility index (Phi) is 9.14. The van der Waals surface area contributed by atoms with E-state index in [4.69, 9.17) is 26.2 Å². The highest BCUT2D eigenvalue weighted by molar-refractivity contribution is 6.32. The molecule has 3 aromatic carbocycles. The van der Waals surface area contributed by atoms with Gasteiger partial charge in [-0.3, -0.25) is 4.90 Å². The number of aliphatic hydroxyl groups is 1. The van der Waals surface area contributed by atoms with Crippen LogP contribution in [-0.2, 0) is 24.8 Å². The lowest BCUT2D eigenvalue weighted by atomic mass is 10.1. The van der Waals surface area contributed by atoms with Gasteiger partial charge in [0.1, 0.15) is 11.4 Å². The maximum atomic E-state index is 10.9. The number of hydrogen-bond donors (Lipinski definition) is 1. The van der Waals surface area contributed by atoms with Crippen LogP contribution >= 0.6 is 11.6 Å². The molecule has 4 rings (SSSR count). The van der Waals surface area contributed by atoms with Crippen LogP contribution < -0.4 is 4.74 Å². The van der Waals surface area contributed by atoms with E-state index in [1.165, 1.54) is 0 Å². The van der Waals surface area contributed by atoms with Crippen molar-refractivity contribution < 1.29 is 14.6 Å². The normalized spacial score (nSPS) is 12.1. The Bertz CT molecular complexity index is 1230. The highest BCUT2D eigenvalue weighted by Crippen LogP contribution is 2.36. The van der Waals surface area contributed by atoms with Crippen LogP contribution in [0.1, 0.15) is 11.1 Å². The summed E-state index contributed by atoms with van der Waals surface area (Å²) in [5.41, 5.74) is 3.85. The summed E-state index contributed by atoms with van der Waals surface area (Å²) in [5.74, 6) is 1.18. The first kappa shape index (κ1) is 25.9. The second kappa shape index (κ2) is 12.7. The van der Waals surface area contributed by atoms with Crippen LogP contribution in [0.2, 0.25) is 5.02 Å². The molecule has 0 saturated carbocycles. The fourth-order valence-electron chi connectivity index (χ4n) is 4.21. The second-order valence-electron chi connectivity index (χ2n) is 8.73. The SMILES string of the molecule is COCCN(Cc1c(-c2ccccc2)nn(C)c1Oc1ccccc1Cl)C[C@H](O)Cc1ccccc1. The van der Waals surface area contributed by atoms with E-state index in [0.717, 1.165) is 22.4 Å². The van der Waals surface area contributed by atoms with Crippen LogP contribution in [0.15, 0.2) is 84.9 Å². The van der Waals surface area contributed by atoms with Gasteiger partial charge in [0, 0.05) is 39.4 Å². The van der Waals surface area contributed by atoms with Crippen molar-refractivity contribution in [3.05, 3.63) is 101 Å². The fourth-order valence-corrected chi connectivity index (χ4v) is 4.38. The van der Waals surface area contributed by atoms with Crippen molar-refractivity contribution in [2.24, 2.45) is 7.05 Å². The molecule has 4 aromatic rings. The molecule has 188 valence electrons. The molecule has 0 spiro atoms. The van der Waals surface area contributed by atoms with Gasteiger partial charge in [0.2, 0.25) is 5.88 Å². The molecule has 0 aliphatic rings. The molecule has 0 saturated heterocycles. The molecule has 0 unspecified atom stereocenters. The number of para-hydroxylation sites is 1. The Labute approximate surface area is 217 Å². The summed E-state index contributed by atoms with van der Waals surface area (Å²) in [6.45, 7) is 2.19. The molecular formula is C29H32ClN3O3. The van der Waals surface area contributed by atoms with Gasteiger partial charge in [-0.2, -0.15) is 5.10 Å². The van der Waals surface area contributed by atoms with Gasteiger partial charge in [-0.25, -0.2) is 4.68 Å². The average Bonchev–Trinajstić information content (AvgIpc) is 3.19. The third kappa shape index (κ3) is 6.74. The summed E-state index contributed by atoms with van der Waals surface area (Å²) < 4.78 is 13.5. The molecule has 1 atom stereocenters. The molecular weight excluding hydrogens is 474 g/mol. The minimum Gasteiger partial charge on any atom is -0.437 e. The number of benzene rings is 3. The number of nitrogens with zero attached hydrogens (tertiary/aromatic N) is 3. The van der Waals surface area contributed by atoms with Crippen molar-refractivity contribution in [1.82, 2.24) is 14.7 Å². The summed E-state index contributed by atoms with van der Waals surface area (Å²) in [5, 5.41) is 16.3. The number of aryl methyl sites for hydroxylation is 1. The van der Waals surface area contributed by atoms with Gasteiger partial charge >= 0.3 is 0 Å². The third-order valence-electron chi connectivity index (χ3n) is 5.95. The molecule has 0 bridgehead atoms. The topological polar surface area (TPSA) is 59.8 Å². The first-order valence-electron chi connectivity index (χ1n) is 12.0. The number of rotatable bonds is 12. The minimum atomic E-state index is -0.533. The predicted molar refractivity (Wildman–Crippen MR) is 143 cm³/mol. The van der Waals surface area contributed by atoms with E-state index in [1.54, 1.807) is 17.9 Å². The molecule has 36 heavy (non-hydrogen) atoms. The minimum absolute atomic E-state index is 0.479.